The topological polar surface area (TPSA) is 72.5 Å². The number of carbonyl (C=O) groups is 1. The molecule has 0 fully saturated rings. The van der Waals surface area contributed by atoms with Gasteiger partial charge in [-0.05, 0) is 46.3 Å². The Hall–Kier alpha value is -1.93. The first-order valence-electron chi connectivity index (χ1n) is 6.37. The summed E-state index contributed by atoms with van der Waals surface area (Å²) in [5, 5.41) is 2.53. The molecule has 1 N–H and O–H groups in total. The number of carbonyl (C=O) groups excluding carboxylic acids is 1. The minimum absolute atomic E-state index is 0.111. The van der Waals surface area contributed by atoms with Crippen molar-refractivity contribution in [1.29, 1.82) is 0 Å². The zero-order valence-electron chi connectivity index (χ0n) is 12.3. The molecule has 1 amide bonds. The van der Waals surface area contributed by atoms with Gasteiger partial charge in [0.1, 0.15) is 5.82 Å². The van der Waals surface area contributed by atoms with E-state index in [4.69, 9.17) is 4.74 Å². The quantitative estimate of drug-likeness (QED) is 0.853. The molecule has 8 heteroatoms. The Morgan fingerprint density at radius 2 is 1.83 bits per heavy atom. The average Bonchev–Trinajstić information content (AvgIpc) is 2.46. The van der Waals surface area contributed by atoms with Crippen LogP contribution in [0.4, 0.5) is 10.1 Å². The first kappa shape index (κ1) is 17.4. The molecule has 2 aromatic rings. The predicted octanol–water partition coefficient (Wildman–Crippen LogP) is 3.25. The lowest BCUT2D eigenvalue weighted by Gasteiger charge is -2.12. The fraction of sp³-hybridized carbons (Fsp3) is 0.133. The molecule has 0 saturated heterocycles. The van der Waals surface area contributed by atoms with Gasteiger partial charge >= 0.3 is 0 Å². The number of ether oxygens (including phenoxy) is 1. The summed E-state index contributed by atoms with van der Waals surface area (Å²) in [4.78, 5) is 12.3. The Bertz CT molecular complexity index is 851. The number of nitrogens with one attached hydrogen (secondary N) is 1. The van der Waals surface area contributed by atoms with Gasteiger partial charge in [-0.25, -0.2) is 12.8 Å². The van der Waals surface area contributed by atoms with Crippen LogP contribution in [0.1, 0.15) is 10.4 Å². The molecular weight excluding hydrogens is 389 g/mol. The fourth-order valence-electron chi connectivity index (χ4n) is 1.91. The Morgan fingerprint density at radius 3 is 2.35 bits per heavy atom. The van der Waals surface area contributed by atoms with Crippen molar-refractivity contribution in [2.24, 2.45) is 0 Å². The van der Waals surface area contributed by atoms with Gasteiger partial charge in [0.15, 0.2) is 15.6 Å². The average molecular weight is 402 g/mol. The normalized spacial score (nSPS) is 11.1. The highest BCUT2D eigenvalue weighted by Crippen LogP contribution is 2.34. The van der Waals surface area contributed by atoms with Crippen LogP contribution < -0.4 is 10.1 Å². The molecule has 23 heavy (non-hydrogen) atoms. The smallest absolute Gasteiger partial charge is 0.255 e. The molecule has 0 aliphatic rings. The van der Waals surface area contributed by atoms with E-state index in [0.717, 1.165) is 12.3 Å². The van der Waals surface area contributed by atoms with Crippen LogP contribution in [-0.2, 0) is 9.84 Å². The van der Waals surface area contributed by atoms with Gasteiger partial charge in [0.25, 0.3) is 5.91 Å². The fourth-order valence-corrected chi connectivity index (χ4v) is 3.13. The van der Waals surface area contributed by atoms with E-state index in [2.05, 4.69) is 21.2 Å². The van der Waals surface area contributed by atoms with E-state index in [1.807, 2.05) is 0 Å². The lowest BCUT2D eigenvalue weighted by atomic mass is 10.2. The van der Waals surface area contributed by atoms with Gasteiger partial charge in [0.2, 0.25) is 0 Å². The summed E-state index contributed by atoms with van der Waals surface area (Å²) in [5.41, 5.74) is 0.399. The summed E-state index contributed by atoms with van der Waals surface area (Å²) in [6, 6.07) is 7.78. The van der Waals surface area contributed by atoms with Crippen LogP contribution in [0.2, 0.25) is 0 Å². The molecule has 0 radical (unpaired) electrons. The van der Waals surface area contributed by atoms with E-state index in [-0.39, 0.29) is 21.9 Å². The molecule has 0 bridgehead atoms. The zero-order chi connectivity index (χ0) is 17.2. The molecule has 5 nitrogen and oxygen atoms in total. The third kappa shape index (κ3) is 4.08. The molecule has 2 rings (SSSR count). The number of anilines is 1. The summed E-state index contributed by atoms with van der Waals surface area (Å²) >= 11 is 3.15. The highest BCUT2D eigenvalue weighted by Gasteiger charge is 2.15. The first-order chi connectivity index (χ1) is 10.7. The number of sulfone groups is 1. The highest BCUT2D eigenvalue weighted by molar-refractivity contribution is 9.10. The number of hydrogen-bond acceptors (Lipinski definition) is 4. The molecule has 0 unspecified atom stereocenters. The largest absolute Gasteiger partial charge is 0.493 e. The molecule has 0 spiro atoms. The van der Waals surface area contributed by atoms with Crippen LogP contribution in [0.15, 0.2) is 45.8 Å². The molecule has 0 aromatic heterocycles. The Kier molecular flexibility index (Phi) is 5.06. The summed E-state index contributed by atoms with van der Waals surface area (Å²) in [6.07, 6.45) is 1.08. The summed E-state index contributed by atoms with van der Waals surface area (Å²) < 4.78 is 41.8. The number of methoxy groups -OCH3 is 1. The maximum Gasteiger partial charge on any atom is 0.255 e. The lowest BCUT2D eigenvalue weighted by molar-refractivity contribution is 0.102. The van der Waals surface area contributed by atoms with Crippen molar-refractivity contribution in [2.75, 3.05) is 18.7 Å². The van der Waals surface area contributed by atoms with Gasteiger partial charge in [-0.2, -0.15) is 0 Å². The first-order valence-corrected chi connectivity index (χ1v) is 9.05. The van der Waals surface area contributed by atoms with Crippen LogP contribution in [0.5, 0.6) is 5.75 Å². The number of hydrogen-bond donors (Lipinski definition) is 1. The van der Waals surface area contributed by atoms with Crippen molar-refractivity contribution in [3.05, 3.63) is 52.3 Å². The molecule has 0 aliphatic heterocycles. The number of rotatable bonds is 4. The second-order valence-electron chi connectivity index (χ2n) is 4.72. The maximum absolute atomic E-state index is 13.5. The highest BCUT2D eigenvalue weighted by atomic mass is 79.9. The van der Waals surface area contributed by atoms with Crippen LogP contribution in [0.3, 0.4) is 0 Å². The molecule has 0 heterocycles. The molecule has 0 saturated carbocycles. The van der Waals surface area contributed by atoms with Gasteiger partial charge in [-0.3, -0.25) is 4.79 Å². The monoisotopic (exact) mass is 401 g/mol. The van der Waals surface area contributed by atoms with Gasteiger partial charge in [0.05, 0.1) is 22.2 Å². The Labute approximate surface area is 141 Å². The molecule has 122 valence electrons. The number of benzene rings is 2. The number of halogens is 2. The van der Waals surface area contributed by atoms with Gasteiger partial charge in [-0.1, -0.05) is 0 Å². The van der Waals surface area contributed by atoms with Crippen molar-refractivity contribution in [3.8, 4) is 5.75 Å². The predicted molar refractivity (Wildman–Crippen MR) is 88.2 cm³/mol. The van der Waals surface area contributed by atoms with Gasteiger partial charge < -0.3 is 10.1 Å². The molecule has 0 atom stereocenters. The van der Waals surface area contributed by atoms with Crippen LogP contribution in [0, 0.1) is 5.82 Å². The van der Waals surface area contributed by atoms with E-state index in [1.54, 1.807) is 0 Å². The minimum Gasteiger partial charge on any atom is -0.493 e. The van der Waals surface area contributed by atoms with Crippen molar-refractivity contribution < 1.29 is 22.3 Å². The second-order valence-corrected chi connectivity index (χ2v) is 7.59. The van der Waals surface area contributed by atoms with E-state index >= 15 is 0 Å². The Balaban J connectivity index is 2.29. The van der Waals surface area contributed by atoms with E-state index in [9.17, 15) is 17.6 Å². The van der Waals surface area contributed by atoms with E-state index < -0.39 is 21.6 Å². The van der Waals surface area contributed by atoms with E-state index in [0.29, 0.717) is 4.47 Å². The Morgan fingerprint density at radius 1 is 1.22 bits per heavy atom. The molecular formula is C15H13BrFNO4S. The van der Waals surface area contributed by atoms with Crippen LogP contribution in [-0.4, -0.2) is 27.7 Å². The third-order valence-electron chi connectivity index (χ3n) is 3.01. The standard InChI is InChI=1S/C15H13BrFNO4S/c1-22-14-12(16)7-10(17)8-13(14)18-15(19)9-3-5-11(6-4-9)23(2,20)21/h3-8H,1-2H3,(H,18,19). The second kappa shape index (κ2) is 6.67. The lowest BCUT2D eigenvalue weighted by Crippen LogP contribution is -2.13. The van der Waals surface area contributed by atoms with Gasteiger partial charge in [-0.15, -0.1) is 0 Å². The van der Waals surface area contributed by atoms with Crippen molar-refractivity contribution >= 4 is 37.4 Å². The summed E-state index contributed by atoms with van der Waals surface area (Å²) in [6.45, 7) is 0. The van der Waals surface area contributed by atoms with Gasteiger partial charge in [0, 0.05) is 17.9 Å². The molecule has 2 aromatic carbocycles. The summed E-state index contributed by atoms with van der Waals surface area (Å²) in [7, 11) is -1.94. The third-order valence-corrected chi connectivity index (χ3v) is 4.72. The summed E-state index contributed by atoms with van der Waals surface area (Å²) in [5.74, 6) is -0.770. The SMILES string of the molecule is COc1c(Br)cc(F)cc1NC(=O)c1ccc(S(C)(=O)=O)cc1. The minimum atomic E-state index is -3.33. The van der Waals surface area contributed by atoms with Crippen LogP contribution >= 0.6 is 15.9 Å². The zero-order valence-corrected chi connectivity index (χ0v) is 14.7. The van der Waals surface area contributed by atoms with Crippen molar-refractivity contribution in [3.63, 3.8) is 0 Å². The number of amides is 1. The molecule has 0 aliphatic carbocycles. The maximum atomic E-state index is 13.5. The van der Waals surface area contributed by atoms with Crippen molar-refractivity contribution in [1.82, 2.24) is 0 Å². The van der Waals surface area contributed by atoms with E-state index in [1.165, 1.54) is 37.4 Å². The van der Waals surface area contributed by atoms with Crippen LogP contribution in [0.25, 0.3) is 0 Å². The van der Waals surface area contributed by atoms with Crippen molar-refractivity contribution in [2.45, 2.75) is 4.90 Å².